The Morgan fingerprint density at radius 3 is 2.55 bits per heavy atom. The Kier molecular flexibility index (Phi) is 5.70. The fourth-order valence-corrected chi connectivity index (χ4v) is 3.76. The monoisotopic (exact) mass is 388 g/mol. The predicted octanol–water partition coefficient (Wildman–Crippen LogP) is 3.86. The zero-order chi connectivity index (χ0) is 20.1. The van der Waals surface area contributed by atoms with Gasteiger partial charge in [0, 0.05) is 18.3 Å². The Bertz CT molecular complexity index is 963. The maximum absolute atomic E-state index is 13.0. The van der Waals surface area contributed by atoms with Crippen molar-refractivity contribution in [1.29, 1.82) is 0 Å². The number of rotatable bonds is 5. The highest BCUT2D eigenvalue weighted by Crippen LogP contribution is 2.36. The van der Waals surface area contributed by atoms with E-state index < -0.39 is 0 Å². The van der Waals surface area contributed by atoms with E-state index in [9.17, 15) is 4.79 Å². The fourth-order valence-electron chi connectivity index (χ4n) is 3.76. The van der Waals surface area contributed by atoms with Crippen molar-refractivity contribution in [2.24, 2.45) is 0 Å². The second-order valence-electron chi connectivity index (χ2n) is 7.09. The Hall–Kier alpha value is -3.41. The molecule has 6 heteroatoms. The van der Waals surface area contributed by atoms with Crippen LogP contribution >= 0.6 is 0 Å². The average Bonchev–Trinajstić information content (AvgIpc) is 2.78. The molecule has 6 nitrogen and oxygen atoms in total. The van der Waals surface area contributed by atoms with Gasteiger partial charge in [-0.25, -0.2) is 9.97 Å². The molecule has 0 radical (unpaired) electrons. The van der Waals surface area contributed by atoms with Crippen LogP contribution in [0.5, 0.6) is 5.75 Å². The van der Waals surface area contributed by atoms with Gasteiger partial charge in [-0.05, 0) is 37.0 Å². The Morgan fingerprint density at radius 2 is 1.79 bits per heavy atom. The van der Waals surface area contributed by atoms with E-state index in [1.54, 1.807) is 6.20 Å². The summed E-state index contributed by atoms with van der Waals surface area (Å²) >= 11 is 0. The molecule has 2 N–H and O–H groups in total. The second-order valence-corrected chi connectivity index (χ2v) is 7.09. The lowest BCUT2D eigenvalue weighted by Gasteiger charge is -2.36. The third kappa shape index (κ3) is 4.37. The first-order chi connectivity index (χ1) is 14.2. The number of nitrogens with two attached hydrogens (primary N) is 1. The van der Waals surface area contributed by atoms with Gasteiger partial charge in [0.25, 0.3) is 5.91 Å². The summed E-state index contributed by atoms with van der Waals surface area (Å²) in [5.74, 6) is 0.860. The molecule has 4 rings (SSSR count). The molecule has 1 amide bonds. The Labute approximate surface area is 170 Å². The van der Waals surface area contributed by atoms with Gasteiger partial charge < -0.3 is 15.4 Å². The van der Waals surface area contributed by atoms with E-state index in [1.807, 2.05) is 65.6 Å². The summed E-state index contributed by atoms with van der Waals surface area (Å²) in [6, 6.07) is 19.2. The number of hydrogen-bond donors (Lipinski definition) is 1. The zero-order valence-electron chi connectivity index (χ0n) is 16.2. The van der Waals surface area contributed by atoms with E-state index >= 15 is 0 Å². The molecule has 0 spiro atoms. The van der Waals surface area contributed by atoms with E-state index in [1.165, 1.54) is 0 Å². The molecule has 1 unspecified atom stereocenters. The molecule has 29 heavy (non-hydrogen) atoms. The Balaban J connectivity index is 1.61. The SMILES string of the molecule is Nc1ncc(-c2ccccc2)c(C2CCCCN2C(=O)COc2ccccc2)n1. The van der Waals surface area contributed by atoms with Crippen molar-refractivity contribution in [3.8, 4) is 16.9 Å². The van der Waals surface area contributed by atoms with Crippen molar-refractivity contribution >= 4 is 11.9 Å². The molecule has 0 bridgehead atoms. The minimum absolute atomic E-state index is 0.00174. The zero-order valence-corrected chi connectivity index (χ0v) is 16.2. The van der Waals surface area contributed by atoms with Gasteiger partial charge in [-0.15, -0.1) is 0 Å². The quantitative estimate of drug-likeness (QED) is 0.718. The minimum atomic E-state index is -0.142. The minimum Gasteiger partial charge on any atom is -0.484 e. The molecule has 0 saturated carbocycles. The summed E-state index contributed by atoms with van der Waals surface area (Å²) in [5.41, 5.74) is 8.65. The summed E-state index contributed by atoms with van der Waals surface area (Å²) in [5, 5.41) is 0. The smallest absolute Gasteiger partial charge is 0.261 e. The predicted molar refractivity (Wildman–Crippen MR) is 112 cm³/mol. The lowest BCUT2D eigenvalue weighted by molar-refractivity contribution is -0.137. The molecule has 1 atom stereocenters. The van der Waals surface area contributed by atoms with E-state index in [-0.39, 0.29) is 24.5 Å². The van der Waals surface area contributed by atoms with Gasteiger partial charge in [0.15, 0.2) is 6.61 Å². The maximum atomic E-state index is 13.0. The molecule has 1 aliphatic heterocycles. The van der Waals surface area contributed by atoms with Crippen LogP contribution in [0, 0.1) is 0 Å². The van der Waals surface area contributed by atoms with Gasteiger partial charge in [0.2, 0.25) is 5.95 Å². The van der Waals surface area contributed by atoms with Crippen LogP contribution in [0.25, 0.3) is 11.1 Å². The van der Waals surface area contributed by atoms with Crippen LogP contribution in [0.4, 0.5) is 5.95 Å². The first-order valence-corrected chi connectivity index (χ1v) is 9.87. The number of benzene rings is 2. The highest BCUT2D eigenvalue weighted by atomic mass is 16.5. The van der Waals surface area contributed by atoms with Gasteiger partial charge in [-0.3, -0.25) is 4.79 Å². The van der Waals surface area contributed by atoms with Crippen molar-refractivity contribution in [2.45, 2.75) is 25.3 Å². The molecular weight excluding hydrogens is 364 g/mol. The highest BCUT2D eigenvalue weighted by Gasteiger charge is 2.31. The number of para-hydroxylation sites is 1. The number of amides is 1. The van der Waals surface area contributed by atoms with Crippen LogP contribution in [0.2, 0.25) is 0 Å². The van der Waals surface area contributed by atoms with Crippen molar-refractivity contribution in [3.63, 3.8) is 0 Å². The van der Waals surface area contributed by atoms with Crippen LogP contribution in [-0.4, -0.2) is 33.9 Å². The number of nitrogen functional groups attached to an aromatic ring is 1. The number of anilines is 1. The first kappa shape index (κ1) is 18.9. The first-order valence-electron chi connectivity index (χ1n) is 9.87. The number of aromatic nitrogens is 2. The fraction of sp³-hybridized carbons (Fsp3) is 0.261. The van der Waals surface area contributed by atoms with Crippen molar-refractivity contribution in [3.05, 3.63) is 72.6 Å². The van der Waals surface area contributed by atoms with Crippen LogP contribution < -0.4 is 10.5 Å². The molecule has 1 aliphatic rings. The number of carbonyl (C=O) groups excluding carboxylic acids is 1. The number of nitrogens with zero attached hydrogens (tertiary/aromatic N) is 3. The molecule has 3 aromatic rings. The average molecular weight is 388 g/mol. The van der Waals surface area contributed by atoms with E-state index in [2.05, 4.69) is 9.97 Å². The summed E-state index contributed by atoms with van der Waals surface area (Å²) < 4.78 is 5.70. The number of ether oxygens (including phenoxy) is 1. The third-order valence-corrected chi connectivity index (χ3v) is 5.17. The standard InChI is InChI=1S/C23H24N4O2/c24-23-25-15-19(17-9-3-1-4-10-17)22(26-23)20-13-7-8-14-27(20)21(28)16-29-18-11-5-2-6-12-18/h1-6,9-12,15,20H,7-8,13-14,16H2,(H2,24,25,26). The number of piperidine rings is 1. The van der Waals surface area contributed by atoms with E-state index in [0.29, 0.717) is 12.3 Å². The second kappa shape index (κ2) is 8.73. The van der Waals surface area contributed by atoms with Crippen LogP contribution in [-0.2, 0) is 4.79 Å². The maximum Gasteiger partial charge on any atom is 0.261 e. The van der Waals surface area contributed by atoms with Gasteiger partial charge in [-0.1, -0.05) is 48.5 Å². The highest BCUT2D eigenvalue weighted by molar-refractivity contribution is 5.79. The summed E-state index contributed by atoms with van der Waals surface area (Å²) in [6.07, 6.45) is 4.60. The molecule has 148 valence electrons. The lowest BCUT2D eigenvalue weighted by Crippen LogP contribution is -2.41. The summed E-state index contributed by atoms with van der Waals surface area (Å²) in [4.78, 5) is 23.6. The molecular formula is C23H24N4O2. The van der Waals surface area contributed by atoms with E-state index in [4.69, 9.17) is 10.5 Å². The number of carbonyl (C=O) groups is 1. The van der Waals surface area contributed by atoms with Crippen LogP contribution in [0.15, 0.2) is 66.9 Å². The molecule has 0 aliphatic carbocycles. The summed E-state index contributed by atoms with van der Waals surface area (Å²) in [6.45, 7) is 0.682. The van der Waals surface area contributed by atoms with Gasteiger partial charge in [0.05, 0.1) is 11.7 Å². The molecule has 1 saturated heterocycles. The lowest BCUT2D eigenvalue weighted by atomic mass is 9.94. The normalized spacial score (nSPS) is 16.4. The molecule has 1 aromatic heterocycles. The molecule has 2 aromatic carbocycles. The largest absolute Gasteiger partial charge is 0.484 e. The van der Waals surface area contributed by atoms with Crippen molar-refractivity contribution in [1.82, 2.24) is 14.9 Å². The third-order valence-electron chi connectivity index (χ3n) is 5.17. The van der Waals surface area contributed by atoms with Crippen LogP contribution in [0.3, 0.4) is 0 Å². The van der Waals surface area contributed by atoms with Gasteiger partial charge in [-0.2, -0.15) is 0 Å². The molecule has 2 heterocycles. The van der Waals surface area contributed by atoms with E-state index in [0.717, 1.165) is 36.1 Å². The summed E-state index contributed by atoms with van der Waals surface area (Å²) in [7, 11) is 0. The topological polar surface area (TPSA) is 81.3 Å². The van der Waals surface area contributed by atoms with Crippen molar-refractivity contribution in [2.75, 3.05) is 18.9 Å². The number of hydrogen-bond acceptors (Lipinski definition) is 5. The van der Waals surface area contributed by atoms with Gasteiger partial charge >= 0.3 is 0 Å². The number of likely N-dealkylation sites (tertiary alicyclic amines) is 1. The van der Waals surface area contributed by atoms with Crippen LogP contribution in [0.1, 0.15) is 31.0 Å². The Morgan fingerprint density at radius 1 is 1.07 bits per heavy atom. The molecule has 1 fully saturated rings. The van der Waals surface area contributed by atoms with Gasteiger partial charge in [0.1, 0.15) is 5.75 Å². The van der Waals surface area contributed by atoms with Crippen molar-refractivity contribution < 1.29 is 9.53 Å².